The van der Waals surface area contributed by atoms with Crippen LogP contribution < -0.4 is 9.47 Å². The molecule has 1 aromatic carbocycles. The lowest BCUT2D eigenvalue weighted by molar-refractivity contribution is -0.132. The van der Waals surface area contributed by atoms with Crippen molar-refractivity contribution in [1.29, 1.82) is 0 Å². The molecule has 1 saturated carbocycles. The van der Waals surface area contributed by atoms with Gasteiger partial charge in [0.15, 0.2) is 11.5 Å². The second-order valence-corrected chi connectivity index (χ2v) is 8.97. The van der Waals surface area contributed by atoms with E-state index in [2.05, 4.69) is 24.4 Å². The molecule has 158 valence electrons. The van der Waals surface area contributed by atoms with Gasteiger partial charge >= 0.3 is 0 Å². The summed E-state index contributed by atoms with van der Waals surface area (Å²) in [6.07, 6.45) is 7.76. The standard InChI is InChI=1S/C24H33NO3S/c1-18-13-15-29-23(18)17-25(24(26)11-9-19-6-4-5-7-19)14-12-20-8-10-21(27-2)22(16-20)28-3/h8,10,13,15-16,19H,4-7,9,11-12,14,17H2,1-3H3. The quantitative estimate of drug-likeness (QED) is 0.506. The highest BCUT2D eigenvalue weighted by Crippen LogP contribution is 2.30. The van der Waals surface area contributed by atoms with E-state index in [9.17, 15) is 4.79 Å². The van der Waals surface area contributed by atoms with Crippen LogP contribution in [0.1, 0.15) is 54.5 Å². The topological polar surface area (TPSA) is 38.8 Å². The molecule has 0 bridgehead atoms. The van der Waals surface area contributed by atoms with Gasteiger partial charge < -0.3 is 14.4 Å². The van der Waals surface area contributed by atoms with Gasteiger partial charge in [-0.25, -0.2) is 0 Å². The van der Waals surface area contributed by atoms with Crippen molar-refractivity contribution in [3.63, 3.8) is 0 Å². The first-order valence-corrected chi connectivity index (χ1v) is 11.5. The van der Waals surface area contributed by atoms with Gasteiger partial charge in [-0.3, -0.25) is 4.79 Å². The van der Waals surface area contributed by atoms with Gasteiger partial charge in [-0.1, -0.05) is 31.7 Å². The zero-order valence-corrected chi connectivity index (χ0v) is 18.7. The third-order valence-electron chi connectivity index (χ3n) is 6.01. The van der Waals surface area contributed by atoms with Crippen molar-refractivity contribution in [2.24, 2.45) is 5.92 Å². The molecule has 1 aromatic heterocycles. The fraction of sp³-hybridized carbons (Fsp3) is 0.542. The van der Waals surface area contributed by atoms with Crippen molar-refractivity contribution >= 4 is 17.2 Å². The molecule has 0 saturated heterocycles. The van der Waals surface area contributed by atoms with Crippen LogP contribution >= 0.6 is 11.3 Å². The Morgan fingerprint density at radius 2 is 1.90 bits per heavy atom. The molecule has 0 spiro atoms. The van der Waals surface area contributed by atoms with Crippen molar-refractivity contribution in [3.05, 3.63) is 45.6 Å². The monoisotopic (exact) mass is 415 g/mol. The van der Waals surface area contributed by atoms with Crippen LogP contribution in [0.5, 0.6) is 11.5 Å². The van der Waals surface area contributed by atoms with Gasteiger partial charge in [0, 0.05) is 17.8 Å². The zero-order valence-electron chi connectivity index (χ0n) is 17.9. The zero-order chi connectivity index (χ0) is 20.6. The Hall–Kier alpha value is -2.01. The Bertz CT molecular complexity index is 795. The maximum absolute atomic E-state index is 13.1. The maximum Gasteiger partial charge on any atom is 0.222 e. The number of ether oxygens (including phenoxy) is 2. The smallest absolute Gasteiger partial charge is 0.222 e. The summed E-state index contributed by atoms with van der Waals surface area (Å²) >= 11 is 1.74. The molecule has 29 heavy (non-hydrogen) atoms. The van der Waals surface area contributed by atoms with Crippen LogP contribution in [-0.4, -0.2) is 31.6 Å². The van der Waals surface area contributed by atoms with Gasteiger partial charge in [0.25, 0.3) is 0 Å². The number of carbonyl (C=O) groups is 1. The number of hydrogen-bond donors (Lipinski definition) is 0. The van der Waals surface area contributed by atoms with Crippen LogP contribution in [0.2, 0.25) is 0 Å². The highest BCUT2D eigenvalue weighted by Gasteiger charge is 2.20. The van der Waals surface area contributed by atoms with Crippen molar-refractivity contribution in [2.75, 3.05) is 20.8 Å². The summed E-state index contributed by atoms with van der Waals surface area (Å²) in [6, 6.07) is 8.13. The van der Waals surface area contributed by atoms with E-state index in [4.69, 9.17) is 9.47 Å². The molecule has 0 radical (unpaired) electrons. The SMILES string of the molecule is COc1ccc(CCN(Cc2sccc2C)C(=O)CCC2CCCC2)cc1OC. The van der Waals surface area contributed by atoms with E-state index < -0.39 is 0 Å². The fourth-order valence-corrected chi connectivity index (χ4v) is 5.04. The molecule has 1 amide bonds. The van der Waals surface area contributed by atoms with Gasteiger partial charge in [0.1, 0.15) is 0 Å². The molecule has 1 aliphatic carbocycles. The lowest BCUT2D eigenvalue weighted by atomic mass is 10.0. The van der Waals surface area contributed by atoms with E-state index in [1.54, 1.807) is 25.6 Å². The summed E-state index contributed by atoms with van der Waals surface area (Å²) in [7, 11) is 3.30. The number of carbonyl (C=O) groups excluding carboxylic acids is 1. The number of aryl methyl sites for hydroxylation is 1. The molecular weight excluding hydrogens is 382 g/mol. The van der Waals surface area contributed by atoms with E-state index in [1.165, 1.54) is 36.1 Å². The van der Waals surface area contributed by atoms with Gasteiger partial charge in [-0.15, -0.1) is 11.3 Å². The number of hydrogen-bond acceptors (Lipinski definition) is 4. The lowest BCUT2D eigenvalue weighted by Gasteiger charge is -2.24. The average molecular weight is 416 g/mol. The van der Waals surface area contributed by atoms with Gasteiger partial charge in [-0.05, 0) is 60.4 Å². The van der Waals surface area contributed by atoms with Crippen LogP contribution in [0, 0.1) is 12.8 Å². The summed E-state index contributed by atoms with van der Waals surface area (Å²) < 4.78 is 10.8. The highest BCUT2D eigenvalue weighted by molar-refractivity contribution is 7.10. The Morgan fingerprint density at radius 3 is 2.55 bits per heavy atom. The molecule has 3 rings (SSSR count). The minimum Gasteiger partial charge on any atom is -0.493 e. The van der Waals surface area contributed by atoms with E-state index in [1.807, 2.05) is 17.0 Å². The molecule has 0 N–H and O–H groups in total. The van der Waals surface area contributed by atoms with Gasteiger partial charge in [0.05, 0.1) is 20.8 Å². The summed E-state index contributed by atoms with van der Waals surface area (Å²) in [6.45, 7) is 3.55. The molecule has 0 aliphatic heterocycles. The Kier molecular flexibility index (Phi) is 7.99. The predicted octanol–water partition coefficient (Wildman–Crippen LogP) is 5.62. The van der Waals surface area contributed by atoms with E-state index in [-0.39, 0.29) is 5.91 Å². The molecule has 4 nitrogen and oxygen atoms in total. The number of nitrogens with zero attached hydrogens (tertiary/aromatic N) is 1. The molecule has 5 heteroatoms. The third kappa shape index (κ3) is 5.99. The number of benzene rings is 1. The molecule has 2 aromatic rings. The largest absolute Gasteiger partial charge is 0.493 e. The molecule has 1 heterocycles. The first-order valence-electron chi connectivity index (χ1n) is 10.6. The Balaban J connectivity index is 1.65. The Morgan fingerprint density at radius 1 is 1.14 bits per heavy atom. The van der Waals surface area contributed by atoms with E-state index in [0.29, 0.717) is 13.0 Å². The predicted molar refractivity (Wildman–Crippen MR) is 119 cm³/mol. The molecular formula is C24H33NO3S. The maximum atomic E-state index is 13.1. The second kappa shape index (κ2) is 10.7. The van der Waals surface area contributed by atoms with Crippen LogP contribution in [0.25, 0.3) is 0 Å². The normalized spacial score (nSPS) is 14.2. The Labute approximate surface area is 178 Å². The number of amides is 1. The van der Waals surface area contributed by atoms with Gasteiger partial charge in [0.2, 0.25) is 5.91 Å². The third-order valence-corrected chi connectivity index (χ3v) is 7.02. The summed E-state index contributed by atoms with van der Waals surface area (Å²) in [5, 5.41) is 2.11. The number of thiophene rings is 1. The highest BCUT2D eigenvalue weighted by atomic mass is 32.1. The van der Waals surface area contributed by atoms with Crippen molar-refractivity contribution in [1.82, 2.24) is 4.90 Å². The molecule has 1 fully saturated rings. The van der Waals surface area contributed by atoms with Crippen LogP contribution in [0.15, 0.2) is 29.6 Å². The van der Waals surface area contributed by atoms with Crippen LogP contribution in [0.4, 0.5) is 0 Å². The minimum absolute atomic E-state index is 0.283. The second-order valence-electron chi connectivity index (χ2n) is 7.97. The lowest BCUT2D eigenvalue weighted by Crippen LogP contribution is -2.32. The van der Waals surface area contributed by atoms with Crippen LogP contribution in [0.3, 0.4) is 0 Å². The van der Waals surface area contributed by atoms with Crippen LogP contribution in [-0.2, 0) is 17.8 Å². The number of methoxy groups -OCH3 is 2. The first-order chi connectivity index (χ1) is 14.1. The molecule has 0 atom stereocenters. The molecule has 1 aliphatic rings. The summed E-state index contributed by atoms with van der Waals surface area (Å²) in [5.41, 5.74) is 2.42. The van der Waals surface area contributed by atoms with Crippen molar-refractivity contribution in [3.8, 4) is 11.5 Å². The molecule has 0 unspecified atom stereocenters. The minimum atomic E-state index is 0.283. The van der Waals surface area contributed by atoms with Crippen molar-refractivity contribution < 1.29 is 14.3 Å². The van der Waals surface area contributed by atoms with Gasteiger partial charge in [-0.2, -0.15) is 0 Å². The average Bonchev–Trinajstić information content (AvgIpc) is 3.40. The first kappa shape index (κ1) is 21.7. The summed E-state index contributed by atoms with van der Waals surface area (Å²) in [4.78, 5) is 16.4. The number of rotatable bonds is 10. The summed E-state index contributed by atoms with van der Waals surface area (Å²) in [5.74, 6) is 2.49. The fourth-order valence-electron chi connectivity index (χ4n) is 4.12. The van der Waals surface area contributed by atoms with E-state index >= 15 is 0 Å². The van der Waals surface area contributed by atoms with E-state index in [0.717, 1.165) is 42.4 Å². The van der Waals surface area contributed by atoms with Crippen molar-refractivity contribution in [2.45, 2.75) is 58.4 Å².